The van der Waals surface area contributed by atoms with E-state index in [0.717, 1.165) is 11.6 Å². The Morgan fingerprint density at radius 3 is 2.37 bits per heavy atom. The molecule has 0 saturated carbocycles. The van der Waals surface area contributed by atoms with E-state index in [1.165, 1.54) is 41.1 Å². The predicted octanol–water partition coefficient (Wildman–Crippen LogP) is 6.30. The van der Waals surface area contributed by atoms with Crippen molar-refractivity contribution in [3.8, 4) is 0 Å². The van der Waals surface area contributed by atoms with Gasteiger partial charge in [0.05, 0.1) is 5.41 Å². The minimum absolute atomic E-state index is 0.0615. The first-order chi connectivity index (χ1) is 12.8. The summed E-state index contributed by atoms with van der Waals surface area (Å²) < 4.78 is 2.47. The topological polar surface area (TPSA) is 6.25 Å². The fraction of sp³-hybridized carbons (Fsp3) is 0.375. The number of nitrogens with zero attached hydrogens (tertiary/aromatic N) is 2. The summed E-state index contributed by atoms with van der Waals surface area (Å²) in [7, 11) is 4.13. The van der Waals surface area contributed by atoms with Gasteiger partial charge in [-0.3, -0.25) is 0 Å². The lowest BCUT2D eigenvalue weighted by Gasteiger charge is -2.15. The number of halogens is 1. The molecule has 0 bridgehead atoms. The Bertz CT molecular complexity index is 874. The molecule has 0 N–H and O–H groups in total. The van der Waals surface area contributed by atoms with E-state index >= 15 is 0 Å². The van der Waals surface area contributed by atoms with Crippen molar-refractivity contribution in [1.82, 2.24) is 0 Å². The first-order valence-corrected chi connectivity index (χ1v) is 10.1. The van der Waals surface area contributed by atoms with Crippen LogP contribution in [0.1, 0.15) is 44.7 Å². The minimum atomic E-state index is -0.0615. The van der Waals surface area contributed by atoms with E-state index in [-0.39, 0.29) is 5.41 Å². The van der Waals surface area contributed by atoms with E-state index in [1.54, 1.807) is 0 Å². The smallest absolute Gasteiger partial charge is 0.209 e. The lowest BCUT2D eigenvalue weighted by molar-refractivity contribution is -0.438. The third kappa shape index (κ3) is 3.96. The molecule has 2 nitrogen and oxygen atoms in total. The average molecular weight is 382 g/mol. The van der Waals surface area contributed by atoms with Crippen LogP contribution in [0.4, 0.5) is 11.4 Å². The lowest BCUT2D eigenvalue weighted by atomic mass is 9.81. The summed E-state index contributed by atoms with van der Waals surface area (Å²) in [5, 5.41) is 0.807. The molecule has 0 radical (unpaired) electrons. The molecule has 3 heteroatoms. The Balaban J connectivity index is 1.99. The molecule has 3 rings (SSSR count). The standard InChI is InChI=1S/C24H30ClN2/c1-6-7-16-27-22-14-11-19(25)17-21(22)24(2,3)23(27)15-10-18-8-12-20(13-9-18)26(4)5/h8-15,17H,6-7,16H2,1-5H3/q+1. The molecule has 1 aliphatic rings. The van der Waals surface area contributed by atoms with Crippen LogP contribution < -0.4 is 4.90 Å². The van der Waals surface area contributed by atoms with Crippen LogP contribution in [0.15, 0.2) is 48.5 Å². The molecule has 2 aromatic rings. The highest BCUT2D eigenvalue weighted by molar-refractivity contribution is 6.30. The Morgan fingerprint density at radius 1 is 1.04 bits per heavy atom. The number of allylic oxidation sites excluding steroid dienone is 1. The second-order valence-corrected chi connectivity index (χ2v) is 8.43. The lowest BCUT2D eigenvalue weighted by Crippen LogP contribution is -2.27. The van der Waals surface area contributed by atoms with Crippen LogP contribution in [0, 0.1) is 0 Å². The fourth-order valence-electron chi connectivity index (χ4n) is 3.76. The van der Waals surface area contributed by atoms with E-state index < -0.39 is 0 Å². The van der Waals surface area contributed by atoms with Gasteiger partial charge in [-0.2, -0.15) is 4.58 Å². The van der Waals surface area contributed by atoms with E-state index in [0.29, 0.717) is 0 Å². The van der Waals surface area contributed by atoms with Crippen LogP contribution in [0.2, 0.25) is 5.02 Å². The SMILES string of the molecule is CCCC[N+]1=C(/C=C/c2ccc(N(C)C)cc2)C(C)(C)c2cc(Cl)ccc21. The van der Waals surface area contributed by atoms with Crippen molar-refractivity contribution < 1.29 is 4.58 Å². The molecule has 27 heavy (non-hydrogen) atoms. The zero-order valence-corrected chi connectivity index (χ0v) is 17.8. The molecule has 0 aromatic heterocycles. The van der Waals surface area contributed by atoms with Crippen molar-refractivity contribution in [2.45, 2.75) is 39.0 Å². The third-order valence-corrected chi connectivity index (χ3v) is 5.67. The molecule has 1 aliphatic heterocycles. The van der Waals surface area contributed by atoms with Crippen molar-refractivity contribution in [3.63, 3.8) is 0 Å². The van der Waals surface area contributed by atoms with Gasteiger partial charge in [-0.1, -0.05) is 37.1 Å². The zero-order valence-electron chi connectivity index (χ0n) is 17.1. The molecule has 0 saturated heterocycles. The van der Waals surface area contributed by atoms with Crippen molar-refractivity contribution in [1.29, 1.82) is 0 Å². The van der Waals surface area contributed by atoms with Gasteiger partial charge in [0, 0.05) is 48.9 Å². The van der Waals surface area contributed by atoms with Crippen LogP contribution in [-0.4, -0.2) is 30.9 Å². The normalized spacial score (nSPS) is 15.5. The molecular weight excluding hydrogens is 352 g/mol. The molecule has 0 fully saturated rings. The Morgan fingerprint density at radius 2 is 1.74 bits per heavy atom. The highest BCUT2D eigenvalue weighted by atomic mass is 35.5. The Hall–Kier alpha value is -2.06. The molecule has 0 aliphatic carbocycles. The predicted molar refractivity (Wildman–Crippen MR) is 119 cm³/mol. The number of unbranched alkanes of at least 4 members (excludes halogenated alkanes) is 1. The molecule has 0 amide bonds. The summed E-state index contributed by atoms with van der Waals surface area (Å²) in [4.78, 5) is 2.12. The van der Waals surface area contributed by atoms with Crippen molar-refractivity contribution >= 4 is 34.8 Å². The van der Waals surface area contributed by atoms with E-state index in [4.69, 9.17) is 11.6 Å². The Labute approximate surface area is 168 Å². The van der Waals surface area contributed by atoms with Crippen LogP contribution in [0.3, 0.4) is 0 Å². The average Bonchev–Trinajstić information content (AvgIpc) is 2.84. The van der Waals surface area contributed by atoms with Gasteiger partial charge < -0.3 is 4.90 Å². The molecule has 0 spiro atoms. The van der Waals surface area contributed by atoms with E-state index in [1.807, 2.05) is 6.07 Å². The first kappa shape index (κ1) is 19.7. The fourth-order valence-corrected chi connectivity index (χ4v) is 3.94. The number of fused-ring (bicyclic) bond motifs is 1. The van der Waals surface area contributed by atoms with Gasteiger partial charge in [-0.05, 0) is 49.8 Å². The van der Waals surface area contributed by atoms with Gasteiger partial charge in [-0.25, -0.2) is 0 Å². The number of benzene rings is 2. The zero-order chi connectivity index (χ0) is 19.6. The van der Waals surface area contributed by atoms with Gasteiger partial charge in [0.1, 0.15) is 6.54 Å². The molecule has 2 aromatic carbocycles. The van der Waals surface area contributed by atoms with Gasteiger partial charge in [-0.15, -0.1) is 0 Å². The third-order valence-electron chi connectivity index (χ3n) is 5.43. The largest absolute Gasteiger partial charge is 0.378 e. The minimum Gasteiger partial charge on any atom is -0.378 e. The van der Waals surface area contributed by atoms with Gasteiger partial charge in [0.15, 0.2) is 5.71 Å². The quantitative estimate of drug-likeness (QED) is 0.532. The number of anilines is 1. The summed E-state index contributed by atoms with van der Waals surface area (Å²) in [5.41, 5.74) is 6.31. The molecule has 0 atom stereocenters. The van der Waals surface area contributed by atoms with Crippen LogP contribution in [0.5, 0.6) is 0 Å². The first-order valence-electron chi connectivity index (χ1n) is 9.75. The molecule has 0 unspecified atom stereocenters. The molecular formula is C24H30ClN2+. The Kier molecular flexibility index (Phi) is 5.76. The highest BCUT2D eigenvalue weighted by Gasteiger charge is 2.44. The van der Waals surface area contributed by atoms with Crippen molar-refractivity contribution in [2.24, 2.45) is 0 Å². The summed E-state index contributed by atoms with van der Waals surface area (Å²) >= 11 is 6.31. The van der Waals surface area contributed by atoms with Crippen molar-refractivity contribution in [3.05, 3.63) is 64.7 Å². The highest BCUT2D eigenvalue weighted by Crippen LogP contribution is 2.41. The second-order valence-electron chi connectivity index (χ2n) is 8.00. The molecule has 1 heterocycles. The van der Waals surface area contributed by atoms with Crippen LogP contribution >= 0.6 is 11.6 Å². The summed E-state index contributed by atoms with van der Waals surface area (Å²) in [6.07, 6.45) is 6.87. The van der Waals surface area contributed by atoms with Gasteiger partial charge in [0.25, 0.3) is 0 Å². The van der Waals surface area contributed by atoms with Crippen LogP contribution in [0.25, 0.3) is 6.08 Å². The number of hydrogen-bond acceptors (Lipinski definition) is 1. The van der Waals surface area contributed by atoms with E-state index in [2.05, 4.69) is 92.9 Å². The maximum absolute atomic E-state index is 6.31. The maximum atomic E-state index is 6.31. The number of hydrogen-bond donors (Lipinski definition) is 0. The second kappa shape index (κ2) is 7.90. The maximum Gasteiger partial charge on any atom is 0.209 e. The summed E-state index contributed by atoms with van der Waals surface area (Å²) in [6.45, 7) is 7.87. The van der Waals surface area contributed by atoms with Gasteiger partial charge in [0.2, 0.25) is 5.69 Å². The monoisotopic (exact) mass is 381 g/mol. The number of rotatable bonds is 6. The molecule has 142 valence electrons. The summed E-state index contributed by atoms with van der Waals surface area (Å²) in [6, 6.07) is 15.0. The van der Waals surface area contributed by atoms with Crippen LogP contribution in [-0.2, 0) is 5.41 Å². The van der Waals surface area contributed by atoms with E-state index in [9.17, 15) is 0 Å². The summed E-state index contributed by atoms with van der Waals surface area (Å²) in [5.74, 6) is 0. The van der Waals surface area contributed by atoms with Crippen molar-refractivity contribution in [2.75, 3.05) is 25.5 Å². The van der Waals surface area contributed by atoms with Gasteiger partial charge >= 0.3 is 0 Å².